The van der Waals surface area contributed by atoms with E-state index < -0.39 is 12.1 Å². The number of ether oxygens (including phenoxy) is 1. The lowest BCUT2D eigenvalue weighted by Crippen LogP contribution is -2.49. The maximum Gasteiger partial charge on any atom is 0.490 e. The fourth-order valence-corrected chi connectivity index (χ4v) is 2.30. The first-order valence-corrected chi connectivity index (χ1v) is 7.21. The van der Waals surface area contributed by atoms with Crippen LogP contribution in [0, 0.1) is 5.41 Å². The molecule has 3 rings (SSSR count). The van der Waals surface area contributed by atoms with Gasteiger partial charge < -0.3 is 20.5 Å². The highest BCUT2D eigenvalue weighted by molar-refractivity contribution is 5.73. The summed E-state index contributed by atoms with van der Waals surface area (Å²) in [5.41, 5.74) is 1.37. The van der Waals surface area contributed by atoms with E-state index in [1.165, 1.54) is 0 Å². The molecular formula is C15H17F3N2O4. The molecule has 1 aliphatic heterocycles. The van der Waals surface area contributed by atoms with E-state index in [2.05, 4.69) is 10.6 Å². The summed E-state index contributed by atoms with van der Waals surface area (Å²) in [6, 6.07) is 10.0. The number of halogens is 3. The van der Waals surface area contributed by atoms with Crippen LogP contribution in [0.1, 0.15) is 12.0 Å². The Morgan fingerprint density at radius 2 is 1.88 bits per heavy atom. The maximum absolute atomic E-state index is 11.5. The van der Waals surface area contributed by atoms with Crippen LogP contribution in [0.5, 0.6) is 0 Å². The van der Waals surface area contributed by atoms with E-state index in [4.69, 9.17) is 14.6 Å². The molecule has 9 heteroatoms. The summed E-state index contributed by atoms with van der Waals surface area (Å²) in [5, 5.41) is 13.3. The van der Waals surface area contributed by atoms with E-state index in [1.54, 1.807) is 0 Å². The maximum atomic E-state index is 11.5. The zero-order valence-electron chi connectivity index (χ0n) is 12.6. The third-order valence-corrected chi connectivity index (χ3v) is 3.89. The molecule has 1 aromatic carbocycles. The lowest BCUT2D eigenvalue weighted by molar-refractivity contribution is -0.192. The summed E-state index contributed by atoms with van der Waals surface area (Å²) < 4.78 is 36.9. The van der Waals surface area contributed by atoms with Gasteiger partial charge in [-0.1, -0.05) is 30.3 Å². The van der Waals surface area contributed by atoms with Crippen molar-refractivity contribution >= 4 is 12.1 Å². The number of nitrogens with one attached hydrogen (secondary N) is 2. The van der Waals surface area contributed by atoms with E-state index in [0.717, 1.165) is 25.1 Å². The van der Waals surface area contributed by atoms with Crippen molar-refractivity contribution in [1.82, 2.24) is 10.6 Å². The number of carboxylic acid groups (broad SMARTS) is 1. The molecule has 1 saturated heterocycles. The van der Waals surface area contributed by atoms with E-state index in [9.17, 15) is 18.0 Å². The summed E-state index contributed by atoms with van der Waals surface area (Å²) in [6.07, 6.45) is -4.30. The van der Waals surface area contributed by atoms with Crippen molar-refractivity contribution in [2.24, 2.45) is 5.41 Å². The van der Waals surface area contributed by atoms with Gasteiger partial charge in [-0.05, 0) is 12.0 Å². The Kier molecular flexibility index (Phi) is 5.33. The molecule has 132 valence electrons. The second kappa shape index (κ2) is 7.08. The standard InChI is InChI=1S/C13H16N2O2.C2HF3O2/c16-12(15-11-6-13(11)8-14-9-13)17-7-10-4-2-1-3-5-10;3-2(4,5)1(6)7/h1-5,11,14H,6-9H2,(H,15,16);(H,6,7). The average molecular weight is 346 g/mol. The van der Waals surface area contributed by atoms with Gasteiger partial charge in [0.25, 0.3) is 0 Å². The number of carbonyl (C=O) groups is 2. The summed E-state index contributed by atoms with van der Waals surface area (Å²) in [6.45, 7) is 2.39. The Labute approximate surface area is 136 Å². The Bertz CT molecular complexity index is 588. The van der Waals surface area contributed by atoms with E-state index >= 15 is 0 Å². The fraction of sp³-hybridized carbons (Fsp3) is 0.467. The number of hydrogen-bond donors (Lipinski definition) is 3. The van der Waals surface area contributed by atoms with E-state index in [1.807, 2.05) is 30.3 Å². The normalized spacial score (nSPS) is 20.2. The molecule has 3 N–H and O–H groups in total. The third kappa shape index (κ3) is 4.85. The molecule has 1 spiro atoms. The fourth-order valence-electron chi connectivity index (χ4n) is 2.30. The molecule has 0 aromatic heterocycles. The molecule has 2 fully saturated rings. The predicted octanol–water partition coefficient (Wildman–Crippen LogP) is 1.91. The van der Waals surface area contributed by atoms with Crippen molar-refractivity contribution in [1.29, 1.82) is 0 Å². The van der Waals surface area contributed by atoms with Crippen LogP contribution in [0.4, 0.5) is 18.0 Å². The molecule has 2 aliphatic rings. The highest BCUT2D eigenvalue weighted by Gasteiger charge is 2.58. The van der Waals surface area contributed by atoms with Crippen LogP contribution in [0.25, 0.3) is 0 Å². The second-order valence-electron chi connectivity index (χ2n) is 5.73. The predicted molar refractivity (Wildman–Crippen MR) is 77.2 cm³/mol. The molecule has 1 unspecified atom stereocenters. The molecule has 1 aromatic rings. The minimum Gasteiger partial charge on any atom is -0.475 e. The van der Waals surface area contributed by atoms with Crippen LogP contribution < -0.4 is 10.6 Å². The molecule has 1 saturated carbocycles. The van der Waals surface area contributed by atoms with Gasteiger partial charge >= 0.3 is 18.2 Å². The summed E-state index contributed by atoms with van der Waals surface area (Å²) in [7, 11) is 0. The first-order chi connectivity index (χ1) is 11.2. The van der Waals surface area contributed by atoms with Gasteiger partial charge in [0.2, 0.25) is 0 Å². The summed E-state index contributed by atoms with van der Waals surface area (Å²) in [5.74, 6) is -2.76. The van der Waals surface area contributed by atoms with Gasteiger partial charge in [0, 0.05) is 24.5 Å². The van der Waals surface area contributed by atoms with E-state index in [0.29, 0.717) is 18.1 Å². The number of hydrogen-bond acceptors (Lipinski definition) is 4. The Hall–Kier alpha value is -2.29. The van der Waals surface area contributed by atoms with Crippen LogP contribution in [-0.2, 0) is 16.1 Å². The monoisotopic (exact) mass is 346 g/mol. The summed E-state index contributed by atoms with van der Waals surface area (Å²) in [4.78, 5) is 20.4. The molecule has 0 radical (unpaired) electrons. The lowest BCUT2D eigenvalue weighted by atomic mass is 9.99. The van der Waals surface area contributed by atoms with Crippen LogP contribution >= 0.6 is 0 Å². The number of rotatable bonds is 3. The van der Waals surface area contributed by atoms with Crippen molar-refractivity contribution in [3.63, 3.8) is 0 Å². The molecule has 1 heterocycles. The van der Waals surface area contributed by atoms with Crippen molar-refractivity contribution in [2.75, 3.05) is 13.1 Å². The van der Waals surface area contributed by atoms with Gasteiger partial charge in [0.15, 0.2) is 0 Å². The molecule has 6 nitrogen and oxygen atoms in total. The quantitative estimate of drug-likeness (QED) is 0.778. The molecular weight excluding hydrogens is 329 g/mol. The van der Waals surface area contributed by atoms with Crippen molar-refractivity contribution in [2.45, 2.75) is 25.2 Å². The van der Waals surface area contributed by atoms with Crippen LogP contribution in [0.15, 0.2) is 30.3 Å². The molecule has 1 aliphatic carbocycles. The number of aliphatic carboxylic acids is 1. The first-order valence-electron chi connectivity index (χ1n) is 7.21. The van der Waals surface area contributed by atoms with Gasteiger partial charge in [-0.15, -0.1) is 0 Å². The minimum absolute atomic E-state index is 0.303. The zero-order valence-corrected chi connectivity index (χ0v) is 12.6. The van der Waals surface area contributed by atoms with Crippen molar-refractivity contribution in [3.8, 4) is 0 Å². The Balaban J connectivity index is 0.000000256. The van der Waals surface area contributed by atoms with Crippen LogP contribution in [0.3, 0.4) is 0 Å². The topological polar surface area (TPSA) is 87.7 Å². The third-order valence-electron chi connectivity index (χ3n) is 3.89. The Morgan fingerprint density at radius 3 is 2.29 bits per heavy atom. The SMILES string of the molecule is O=C(NC1CC12CNC2)OCc1ccccc1.O=C(O)C(F)(F)F. The largest absolute Gasteiger partial charge is 0.490 e. The molecule has 1 amide bonds. The summed E-state index contributed by atoms with van der Waals surface area (Å²) >= 11 is 0. The molecule has 24 heavy (non-hydrogen) atoms. The lowest BCUT2D eigenvalue weighted by Gasteiger charge is -2.28. The smallest absolute Gasteiger partial charge is 0.475 e. The van der Waals surface area contributed by atoms with Gasteiger partial charge in [-0.2, -0.15) is 13.2 Å². The number of benzene rings is 1. The van der Waals surface area contributed by atoms with E-state index in [-0.39, 0.29) is 6.09 Å². The van der Waals surface area contributed by atoms with Gasteiger partial charge in [0.1, 0.15) is 6.61 Å². The number of carbonyl (C=O) groups excluding carboxylic acids is 1. The number of amides is 1. The van der Waals surface area contributed by atoms with Crippen LogP contribution in [0.2, 0.25) is 0 Å². The average Bonchev–Trinajstić information content (AvgIpc) is 3.20. The first kappa shape index (κ1) is 18.1. The minimum atomic E-state index is -5.08. The highest BCUT2D eigenvalue weighted by Crippen LogP contribution is 2.48. The highest BCUT2D eigenvalue weighted by atomic mass is 19.4. The van der Waals surface area contributed by atoms with Crippen LogP contribution in [-0.4, -0.2) is 42.5 Å². The second-order valence-corrected chi connectivity index (χ2v) is 5.73. The van der Waals surface area contributed by atoms with Crippen molar-refractivity contribution in [3.05, 3.63) is 35.9 Å². The molecule has 0 bridgehead atoms. The van der Waals surface area contributed by atoms with Gasteiger partial charge in [-0.3, -0.25) is 0 Å². The number of alkyl halides is 3. The van der Waals surface area contributed by atoms with Crippen molar-refractivity contribution < 1.29 is 32.6 Å². The van der Waals surface area contributed by atoms with Gasteiger partial charge in [0.05, 0.1) is 0 Å². The number of carboxylic acids is 1. The van der Waals surface area contributed by atoms with Gasteiger partial charge in [-0.25, -0.2) is 9.59 Å². The Morgan fingerprint density at radius 1 is 1.29 bits per heavy atom. The molecule has 1 atom stereocenters. The zero-order chi connectivity index (χ0) is 17.8. The number of alkyl carbamates (subject to hydrolysis) is 1.